The Hall–Kier alpha value is -2.51. The Kier molecular flexibility index (Phi) is 3.97. The molecular formula is C15H20N6O2. The summed E-state index contributed by atoms with van der Waals surface area (Å²) in [5, 5.41) is 8.63. The van der Waals surface area contributed by atoms with Gasteiger partial charge in [-0.2, -0.15) is 0 Å². The van der Waals surface area contributed by atoms with E-state index in [2.05, 4.69) is 55.1 Å². The molecule has 0 aromatic carbocycles. The maximum absolute atomic E-state index is 11.4. The van der Waals surface area contributed by atoms with E-state index >= 15 is 0 Å². The SMILES string of the molecule is COC(=O)c1cnc(N2Cc3nnc(C(C)C)n3[C@@H](C)C2)cn1. The van der Waals surface area contributed by atoms with E-state index in [0.29, 0.717) is 18.3 Å². The molecular weight excluding hydrogens is 296 g/mol. The van der Waals surface area contributed by atoms with Gasteiger partial charge in [0.1, 0.15) is 11.6 Å². The number of ether oxygens (including phenoxy) is 1. The second kappa shape index (κ2) is 5.94. The number of carbonyl (C=O) groups is 1. The Morgan fingerprint density at radius 2 is 2.09 bits per heavy atom. The van der Waals surface area contributed by atoms with Crippen LogP contribution in [0.1, 0.15) is 54.9 Å². The first-order chi connectivity index (χ1) is 11.0. The zero-order valence-electron chi connectivity index (χ0n) is 13.7. The third-order valence-electron chi connectivity index (χ3n) is 3.92. The van der Waals surface area contributed by atoms with Crippen molar-refractivity contribution in [2.24, 2.45) is 0 Å². The molecule has 8 heteroatoms. The number of anilines is 1. The molecule has 2 aromatic rings. The van der Waals surface area contributed by atoms with Gasteiger partial charge in [-0.05, 0) is 6.92 Å². The fourth-order valence-corrected chi connectivity index (χ4v) is 2.82. The summed E-state index contributed by atoms with van der Waals surface area (Å²) < 4.78 is 6.84. The Balaban J connectivity index is 1.84. The highest BCUT2D eigenvalue weighted by Crippen LogP contribution is 2.27. The predicted octanol–water partition coefficient (Wildman–Crippen LogP) is 1.56. The molecule has 0 saturated carbocycles. The van der Waals surface area contributed by atoms with Crippen molar-refractivity contribution >= 4 is 11.8 Å². The van der Waals surface area contributed by atoms with E-state index in [1.54, 1.807) is 6.20 Å². The summed E-state index contributed by atoms with van der Waals surface area (Å²) in [7, 11) is 1.32. The highest BCUT2D eigenvalue weighted by molar-refractivity contribution is 5.86. The van der Waals surface area contributed by atoms with E-state index in [4.69, 9.17) is 0 Å². The zero-order valence-corrected chi connectivity index (χ0v) is 13.7. The molecule has 1 atom stereocenters. The lowest BCUT2D eigenvalue weighted by Gasteiger charge is -2.33. The largest absolute Gasteiger partial charge is 0.464 e. The van der Waals surface area contributed by atoms with Crippen LogP contribution in [0.15, 0.2) is 12.4 Å². The third-order valence-corrected chi connectivity index (χ3v) is 3.92. The van der Waals surface area contributed by atoms with Crippen LogP contribution in [-0.2, 0) is 11.3 Å². The monoisotopic (exact) mass is 316 g/mol. The van der Waals surface area contributed by atoms with Crippen molar-refractivity contribution < 1.29 is 9.53 Å². The van der Waals surface area contributed by atoms with Crippen molar-refractivity contribution in [3.63, 3.8) is 0 Å². The van der Waals surface area contributed by atoms with Crippen LogP contribution in [-0.4, -0.2) is 44.4 Å². The van der Waals surface area contributed by atoms with Crippen molar-refractivity contribution in [1.29, 1.82) is 0 Å². The van der Waals surface area contributed by atoms with Crippen LogP contribution in [0.3, 0.4) is 0 Å². The fraction of sp³-hybridized carbons (Fsp3) is 0.533. The molecule has 1 aliphatic rings. The molecule has 0 spiro atoms. The van der Waals surface area contributed by atoms with Gasteiger partial charge < -0.3 is 14.2 Å². The Morgan fingerprint density at radius 3 is 2.70 bits per heavy atom. The maximum atomic E-state index is 11.4. The highest BCUT2D eigenvalue weighted by atomic mass is 16.5. The van der Waals surface area contributed by atoms with Gasteiger partial charge >= 0.3 is 5.97 Å². The first kappa shape index (κ1) is 15.4. The molecule has 1 aliphatic heterocycles. The Labute approximate surface area is 134 Å². The van der Waals surface area contributed by atoms with Crippen LogP contribution in [0.5, 0.6) is 0 Å². The number of nitrogens with zero attached hydrogens (tertiary/aromatic N) is 6. The average molecular weight is 316 g/mol. The first-order valence-corrected chi connectivity index (χ1v) is 7.60. The molecule has 122 valence electrons. The molecule has 0 unspecified atom stereocenters. The van der Waals surface area contributed by atoms with Crippen molar-refractivity contribution in [1.82, 2.24) is 24.7 Å². The first-order valence-electron chi connectivity index (χ1n) is 7.60. The molecule has 2 aromatic heterocycles. The molecule has 0 saturated heterocycles. The smallest absolute Gasteiger partial charge is 0.358 e. The number of hydrogen-bond donors (Lipinski definition) is 0. The minimum atomic E-state index is -0.489. The molecule has 3 rings (SSSR count). The summed E-state index contributed by atoms with van der Waals surface area (Å²) in [5.74, 6) is 2.50. The number of fused-ring (bicyclic) bond motifs is 1. The minimum absolute atomic E-state index is 0.201. The second-order valence-electron chi connectivity index (χ2n) is 5.98. The van der Waals surface area contributed by atoms with E-state index in [0.717, 1.165) is 18.2 Å². The molecule has 23 heavy (non-hydrogen) atoms. The van der Waals surface area contributed by atoms with Gasteiger partial charge in [0, 0.05) is 12.5 Å². The molecule has 0 fully saturated rings. The summed E-state index contributed by atoms with van der Waals surface area (Å²) in [6, 6.07) is 0.244. The Bertz CT molecular complexity index is 709. The van der Waals surface area contributed by atoms with Gasteiger partial charge in [0.25, 0.3) is 0 Å². The third kappa shape index (κ3) is 2.76. The molecule has 3 heterocycles. The van der Waals surface area contributed by atoms with Crippen molar-refractivity contribution in [3.05, 3.63) is 29.7 Å². The number of esters is 1. The number of hydrogen-bond acceptors (Lipinski definition) is 7. The van der Waals surface area contributed by atoms with Gasteiger partial charge in [0.2, 0.25) is 0 Å². The van der Waals surface area contributed by atoms with E-state index < -0.39 is 5.97 Å². The lowest BCUT2D eigenvalue weighted by molar-refractivity contribution is 0.0593. The molecule has 0 aliphatic carbocycles. The molecule has 0 amide bonds. The van der Waals surface area contributed by atoms with E-state index in [1.807, 2.05) is 0 Å². The van der Waals surface area contributed by atoms with Gasteiger partial charge in [0.05, 0.1) is 32.1 Å². The number of rotatable bonds is 3. The van der Waals surface area contributed by atoms with Crippen LogP contribution in [0, 0.1) is 0 Å². The minimum Gasteiger partial charge on any atom is -0.464 e. The number of carbonyl (C=O) groups excluding carboxylic acids is 1. The number of methoxy groups -OCH3 is 1. The van der Waals surface area contributed by atoms with Crippen LogP contribution in [0.25, 0.3) is 0 Å². The highest BCUT2D eigenvalue weighted by Gasteiger charge is 2.28. The van der Waals surface area contributed by atoms with Gasteiger partial charge in [-0.25, -0.2) is 14.8 Å². The normalized spacial score (nSPS) is 17.3. The molecule has 0 bridgehead atoms. The average Bonchev–Trinajstić information content (AvgIpc) is 2.99. The zero-order chi connectivity index (χ0) is 16.6. The topological polar surface area (TPSA) is 86.0 Å². The molecule has 0 N–H and O–H groups in total. The van der Waals surface area contributed by atoms with E-state index in [9.17, 15) is 4.79 Å². The van der Waals surface area contributed by atoms with Crippen LogP contribution >= 0.6 is 0 Å². The lowest BCUT2D eigenvalue weighted by Crippen LogP contribution is -2.37. The van der Waals surface area contributed by atoms with Gasteiger partial charge in [0.15, 0.2) is 11.5 Å². The predicted molar refractivity (Wildman–Crippen MR) is 83.2 cm³/mol. The summed E-state index contributed by atoms with van der Waals surface area (Å²) in [6.45, 7) is 7.79. The molecule has 0 radical (unpaired) electrons. The van der Waals surface area contributed by atoms with Gasteiger partial charge in [-0.15, -0.1) is 10.2 Å². The maximum Gasteiger partial charge on any atom is 0.358 e. The second-order valence-corrected chi connectivity index (χ2v) is 5.98. The number of aromatic nitrogens is 5. The summed E-state index contributed by atoms with van der Waals surface area (Å²) >= 11 is 0. The van der Waals surface area contributed by atoms with Crippen molar-refractivity contribution in [2.75, 3.05) is 18.6 Å². The van der Waals surface area contributed by atoms with Gasteiger partial charge in [-0.1, -0.05) is 13.8 Å². The van der Waals surface area contributed by atoms with Crippen molar-refractivity contribution in [3.8, 4) is 0 Å². The fourth-order valence-electron chi connectivity index (χ4n) is 2.82. The Morgan fingerprint density at radius 1 is 1.30 bits per heavy atom. The van der Waals surface area contributed by atoms with Crippen LogP contribution in [0.2, 0.25) is 0 Å². The summed E-state index contributed by atoms with van der Waals surface area (Å²) in [5.41, 5.74) is 0.201. The molecule has 8 nitrogen and oxygen atoms in total. The summed E-state index contributed by atoms with van der Waals surface area (Å²) in [6.07, 6.45) is 3.03. The summed E-state index contributed by atoms with van der Waals surface area (Å²) in [4.78, 5) is 22.0. The van der Waals surface area contributed by atoms with Crippen molar-refractivity contribution in [2.45, 2.75) is 39.3 Å². The van der Waals surface area contributed by atoms with E-state index in [-0.39, 0.29) is 11.7 Å². The standard InChI is InChI=1S/C15H20N6O2/c1-9(2)14-19-18-13-8-20(7-10(3)21(13)14)12-6-16-11(5-17-12)15(22)23-4/h5-6,9-10H,7-8H2,1-4H3/t10-/m0/s1. The lowest BCUT2D eigenvalue weighted by atomic mass is 10.1. The van der Waals surface area contributed by atoms with Gasteiger partial charge in [-0.3, -0.25) is 0 Å². The quantitative estimate of drug-likeness (QED) is 0.794. The van der Waals surface area contributed by atoms with Crippen LogP contribution in [0.4, 0.5) is 5.82 Å². The van der Waals surface area contributed by atoms with Crippen LogP contribution < -0.4 is 4.90 Å². The van der Waals surface area contributed by atoms with E-state index in [1.165, 1.54) is 13.3 Å².